The van der Waals surface area contributed by atoms with Gasteiger partial charge in [-0.15, -0.1) is 11.6 Å². The first kappa shape index (κ1) is 10.6. The molecule has 0 aromatic heterocycles. The van der Waals surface area contributed by atoms with Crippen molar-refractivity contribution in [2.45, 2.75) is 32.2 Å². The summed E-state index contributed by atoms with van der Waals surface area (Å²) in [6, 6.07) is 0.296. The van der Waals surface area contributed by atoms with Gasteiger partial charge in [0.25, 0.3) is 0 Å². The fourth-order valence-electron chi connectivity index (χ4n) is 1.71. The van der Waals surface area contributed by atoms with Crippen LogP contribution in [0.5, 0.6) is 0 Å². The molecule has 0 aromatic rings. The molecule has 1 heterocycles. The van der Waals surface area contributed by atoms with Crippen molar-refractivity contribution in [3.05, 3.63) is 11.8 Å². The molecule has 1 aliphatic heterocycles. The van der Waals surface area contributed by atoms with Crippen molar-refractivity contribution in [2.24, 2.45) is 11.8 Å². The van der Waals surface area contributed by atoms with Crippen LogP contribution >= 0.6 is 11.6 Å². The van der Waals surface area contributed by atoms with Gasteiger partial charge in [-0.3, -0.25) is 0 Å². The SMILES string of the molecule is CC1=CN[C@H]([C@@H](C)[C@@H](C)Cl)[C@@H]1C=N. The van der Waals surface area contributed by atoms with Crippen LogP contribution in [0, 0.1) is 17.2 Å². The van der Waals surface area contributed by atoms with Gasteiger partial charge < -0.3 is 10.7 Å². The summed E-state index contributed by atoms with van der Waals surface area (Å²) in [5, 5.41) is 10.8. The third-order valence-corrected chi connectivity index (χ3v) is 3.28. The average Bonchev–Trinajstić information content (AvgIpc) is 2.45. The van der Waals surface area contributed by atoms with Gasteiger partial charge in [0.2, 0.25) is 0 Å². The third-order valence-electron chi connectivity index (χ3n) is 2.89. The Kier molecular flexibility index (Phi) is 3.37. The first-order valence-electron chi connectivity index (χ1n) is 4.65. The molecular weight excluding hydrogens is 184 g/mol. The van der Waals surface area contributed by atoms with Crippen molar-refractivity contribution in [3.8, 4) is 0 Å². The minimum absolute atomic E-state index is 0.138. The largest absolute Gasteiger partial charge is 0.387 e. The van der Waals surface area contributed by atoms with E-state index in [0.29, 0.717) is 12.0 Å². The number of rotatable bonds is 3. The Labute approximate surface area is 84.9 Å². The van der Waals surface area contributed by atoms with E-state index in [1.807, 2.05) is 20.0 Å². The molecule has 0 saturated heterocycles. The maximum atomic E-state index is 7.35. The van der Waals surface area contributed by atoms with Crippen LogP contribution in [0.4, 0.5) is 0 Å². The topological polar surface area (TPSA) is 35.9 Å². The smallest absolute Gasteiger partial charge is 0.0410 e. The highest BCUT2D eigenvalue weighted by molar-refractivity contribution is 6.20. The van der Waals surface area contributed by atoms with Crippen molar-refractivity contribution < 1.29 is 0 Å². The van der Waals surface area contributed by atoms with Crippen molar-refractivity contribution in [2.75, 3.05) is 0 Å². The lowest BCUT2D eigenvalue weighted by Crippen LogP contribution is -2.38. The highest BCUT2D eigenvalue weighted by atomic mass is 35.5. The van der Waals surface area contributed by atoms with Gasteiger partial charge in [0.15, 0.2) is 0 Å². The van der Waals surface area contributed by atoms with Crippen LogP contribution in [0.25, 0.3) is 0 Å². The molecule has 0 saturated carbocycles. The van der Waals surface area contributed by atoms with Crippen molar-refractivity contribution >= 4 is 17.8 Å². The van der Waals surface area contributed by atoms with Gasteiger partial charge in [-0.25, -0.2) is 0 Å². The lowest BCUT2D eigenvalue weighted by molar-refractivity contribution is 0.390. The summed E-state index contributed by atoms with van der Waals surface area (Å²) in [4.78, 5) is 0. The summed E-state index contributed by atoms with van der Waals surface area (Å²) in [6.07, 6.45) is 3.50. The fraction of sp³-hybridized carbons (Fsp3) is 0.700. The van der Waals surface area contributed by atoms with E-state index in [1.165, 1.54) is 11.8 Å². The standard InChI is InChI=1S/C10H17ClN2/c1-6-5-13-10(9(6)4-12)7(2)8(3)11/h4-5,7-10,12-13H,1-3H3/t7-,8+,9+,10+/m0/s1. The molecule has 0 amide bonds. The summed E-state index contributed by atoms with van der Waals surface area (Å²) >= 11 is 6.04. The van der Waals surface area contributed by atoms with E-state index >= 15 is 0 Å². The van der Waals surface area contributed by atoms with Gasteiger partial charge in [0.05, 0.1) is 0 Å². The number of hydrogen-bond acceptors (Lipinski definition) is 2. The Hall–Kier alpha value is -0.500. The van der Waals surface area contributed by atoms with Crippen LogP contribution in [-0.4, -0.2) is 17.6 Å². The quantitative estimate of drug-likeness (QED) is 0.533. The minimum atomic E-state index is 0.138. The molecule has 0 bridgehead atoms. The highest BCUT2D eigenvalue weighted by Crippen LogP contribution is 2.27. The van der Waals surface area contributed by atoms with Gasteiger partial charge in [-0.1, -0.05) is 6.92 Å². The second-order valence-electron chi connectivity index (χ2n) is 3.81. The lowest BCUT2D eigenvalue weighted by Gasteiger charge is -2.26. The molecule has 0 unspecified atom stereocenters. The first-order chi connectivity index (χ1) is 6.07. The van der Waals surface area contributed by atoms with Crippen LogP contribution in [0.2, 0.25) is 0 Å². The number of halogens is 1. The predicted octanol–water partition coefficient (Wildman–Crippen LogP) is 2.39. The summed E-state index contributed by atoms with van der Waals surface area (Å²) < 4.78 is 0. The predicted molar refractivity (Wildman–Crippen MR) is 57.4 cm³/mol. The zero-order valence-electron chi connectivity index (χ0n) is 8.34. The molecule has 0 aliphatic carbocycles. The van der Waals surface area contributed by atoms with Gasteiger partial charge in [0, 0.05) is 23.6 Å². The van der Waals surface area contributed by atoms with Gasteiger partial charge in [-0.2, -0.15) is 0 Å². The average molecular weight is 201 g/mol. The van der Waals surface area contributed by atoms with E-state index in [2.05, 4.69) is 12.2 Å². The molecule has 2 N–H and O–H groups in total. The molecular formula is C10H17ClN2. The molecule has 2 nitrogen and oxygen atoms in total. The molecule has 74 valence electrons. The van der Waals surface area contributed by atoms with Crippen molar-refractivity contribution in [1.82, 2.24) is 5.32 Å². The molecule has 1 aliphatic rings. The summed E-state index contributed by atoms with van der Waals surface area (Å²) in [7, 11) is 0. The van der Waals surface area contributed by atoms with Crippen molar-refractivity contribution in [1.29, 1.82) is 5.41 Å². The molecule has 13 heavy (non-hydrogen) atoms. The minimum Gasteiger partial charge on any atom is -0.387 e. The molecule has 0 spiro atoms. The highest BCUT2D eigenvalue weighted by Gasteiger charge is 2.31. The van der Waals surface area contributed by atoms with E-state index in [9.17, 15) is 0 Å². The Morgan fingerprint density at radius 1 is 1.62 bits per heavy atom. The summed E-state index contributed by atoms with van der Waals surface area (Å²) in [5.41, 5.74) is 1.23. The van der Waals surface area contributed by atoms with E-state index in [-0.39, 0.29) is 11.3 Å². The van der Waals surface area contributed by atoms with Crippen LogP contribution < -0.4 is 5.32 Å². The maximum Gasteiger partial charge on any atom is 0.0410 e. The van der Waals surface area contributed by atoms with Crippen LogP contribution in [0.3, 0.4) is 0 Å². The zero-order valence-corrected chi connectivity index (χ0v) is 9.10. The van der Waals surface area contributed by atoms with E-state index < -0.39 is 0 Å². The van der Waals surface area contributed by atoms with Crippen LogP contribution in [0.15, 0.2) is 11.8 Å². The molecule has 1 rings (SSSR count). The zero-order chi connectivity index (χ0) is 10.0. The van der Waals surface area contributed by atoms with E-state index in [1.54, 1.807) is 0 Å². The van der Waals surface area contributed by atoms with E-state index in [4.69, 9.17) is 17.0 Å². The summed E-state index contributed by atoms with van der Waals surface area (Å²) in [6.45, 7) is 6.18. The van der Waals surface area contributed by atoms with Gasteiger partial charge in [0.1, 0.15) is 0 Å². The Bertz CT molecular complexity index is 223. The van der Waals surface area contributed by atoms with Crippen LogP contribution in [-0.2, 0) is 0 Å². The van der Waals surface area contributed by atoms with Gasteiger partial charge in [-0.05, 0) is 31.5 Å². The van der Waals surface area contributed by atoms with E-state index in [0.717, 1.165) is 0 Å². The Morgan fingerprint density at radius 3 is 2.69 bits per heavy atom. The third kappa shape index (κ3) is 2.05. The number of nitrogens with one attached hydrogen (secondary N) is 2. The first-order valence-corrected chi connectivity index (χ1v) is 5.09. The molecule has 3 heteroatoms. The lowest BCUT2D eigenvalue weighted by atomic mass is 9.87. The molecule has 0 radical (unpaired) electrons. The second kappa shape index (κ2) is 4.14. The number of alkyl halides is 1. The second-order valence-corrected chi connectivity index (χ2v) is 4.50. The van der Waals surface area contributed by atoms with Gasteiger partial charge >= 0.3 is 0 Å². The molecule has 4 atom stereocenters. The molecule has 0 fully saturated rings. The fourth-order valence-corrected chi connectivity index (χ4v) is 1.87. The normalized spacial score (nSPS) is 31.8. The summed E-state index contributed by atoms with van der Waals surface area (Å²) in [5.74, 6) is 0.596. The van der Waals surface area contributed by atoms with Crippen molar-refractivity contribution in [3.63, 3.8) is 0 Å². The maximum absolute atomic E-state index is 7.35. The van der Waals surface area contributed by atoms with Crippen LogP contribution in [0.1, 0.15) is 20.8 Å². The Balaban J connectivity index is 2.68. The number of hydrogen-bond donors (Lipinski definition) is 2. The molecule has 0 aromatic carbocycles. The monoisotopic (exact) mass is 200 g/mol. The Morgan fingerprint density at radius 2 is 2.23 bits per heavy atom.